The van der Waals surface area contributed by atoms with Crippen LogP contribution in [0.15, 0.2) is 89.0 Å². The summed E-state index contributed by atoms with van der Waals surface area (Å²) in [6.45, 7) is 16.9. The molecule has 2 aliphatic heterocycles. The maximum absolute atomic E-state index is 14.4. The summed E-state index contributed by atoms with van der Waals surface area (Å²) < 4.78 is 41.0. The van der Waals surface area contributed by atoms with Gasteiger partial charge in [0, 0.05) is 77.6 Å². The fourth-order valence-electron chi connectivity index (χ4n) is 12.5. The molecule has 0 bridgehead atoms. The molecule has 2 amide bonds. The number of hydrogen-bond donors (Lipinski definition) is 3. The number of rotatable bonds is 32. The highest BCUT2D eigenvalue weighted by atomic mass is 32.1. The zero-order valence-corrected chi connectivity index (χ0v) is 52.7. The number of likely N-dealkylation sites (tertiary alicyclic amines) is 1. The first kappa shape index (κ1) is 64.9. The smallest absolute Gasteiger partial charge is 0.251 e. The average molecular weight is 1210 g/mol. The average Bonchev–Trinajstić information content (AvgIpc) is 2.94. The molecule has 2 saturated heterocycles. The molecule has 17 nitrogen and oxygen atoms in total. The number of likely N-dealkylation sites (N-methyl/N-ethyl adjacent to an activating group) is 1. The molecule has 3 aliphatic rings. The van der Waals surface area contributed by atoms with E-state index >= 15 is 0 Å². The molecule has 0 radical (unpaired) electrons. The van der Waals surface area contributed by atoms with Gasteiger partial charge in [0.25, 0.3) is 5.56 Å². The Bertz CT molecular complexity index is 3260. The largest absolute Gasteiger partial charge is 0.491 e. The van der Waals surface area contributed by atoms with Crippen molar-refractivity contribution < 1.29 is 47.5 Å². The zero-order valence-electron chi connectivity index (χ0n) is 51.9. The minimum atomic E-state index is -0.532. The van der Waals surface area contributed by atoms with Crippen molar-refractivity contribution in [2.45, 2.75) is 129 Å². The van der Waals surface area contributed by atoms with Crippen LogP contribution in [-0.2, 0) is 39.7 Å². The number of benzene rings is 4. The Kier molecular flexibility index (Phi) is 24.4. The third-order valence-electron chi connectivity index (χ3n) is 17.4. The number of anilines is 1. The third-order valence-corrected chi connectivity index (χ3v) is 18.3. The lowest BCUT2D eigenvalue weighted by atomic mass is 9.83. The number of amides is 2. The van der Waals surface area contributed by atoms with Crippen LogP contribution in [-0.4, -0.2) is 150 Å². The van der Waals surface area contributed by atoms with E-state index < -0.39 is 6.04 Å². The second-order valence-electron chi connectivity index (χ2n) is 23.1. The summed E-state index contributed by atoms with van der Waals surface area (Å²) >= 11 is 1.59. The first-order valence-corrected chi connectivity index (χ1v) is 32.4. The van der Waals surface area contributed by atoms with Crippen LogP contribution in [0.1, 0.15) is 122 Å². The predicted octanol–water partition coefficient (Wildman–Crippen LogP) is 10.9. The number of nitrogens with zero attached hydrogens (tertiary/aromatic N) is 3. The van der Waals surface area contributed by atoms with Gasteiger partial charge in [-0.05, 0) is 163 Å². The lowest BCUT2D eigenvalue weighted by Crippen LogP contribution is -2.55. The molecule has 6 aromatic rings. The number of pyridine rings is 1. The number of H-pyrrole nitrogens is 1. The van der Waals surface area contributed by atoms with Gasteiger partial charge in [-0.1, -0.05) is 55.7 Å². The SMILES string of the molecule is CCN(c1cc(-c2ccc(OCCOCCOCCOCCOCCOc3ccc(-c4csc([C@@H]5CCCN5C(=O)[C@@H](NC(=O)[C@H](C)NC)C5CCCCC5)n4)c4ccccc34)cc2)cc(C(=O)CCc2c(C)cc(C)[nH]c2=O)c1C)C1CCOCC1. The summed E-state index contributed by atoms with van der Waals surface area (Å²) in [6, 6.07) is 25.6. The topological polar surface area (TPSA) is 192 Å². The number of aryl methyl sites for hydroxylation is 2. The second-order valence-corrected chi connectivity index (χ2v) is 24.0. The fraction of sp³-hybridized carbons (Fsp3) is 0.522. The van der Waals surface area contributed by atoms with E-state index in [-0.39, 0.29) is 47.6 Å². The lowest BCUT2D eigenvalue weighted by Gasteiger charge is -2.37. The first-order valence-electron chi connectivity index (χ1n) is 31.6. The number of hydrogen-bond acceptors (Lipinski definition) is 15. The van der Waals surface area contributed by atoms with Crippen LogP contribution in [0.25, 0.3) is 33.2 Å². The molecule has 0 spiro atoms. The molecule has 3 fully saturated rings. The molecule has 18 heteroatoms. The molecular formula is C69H90N6O11S. The highest BCUT2D eigenvalue weighted by Gasteiger charge is 2.40. The lowest BCUT2D eigenvalue weighted by molar-refractivity contribution is -0.139. The molecule has 4 aromatic carbocycles. The molecule has 1 saturated carbocycles. The zero-order chi connectivity index (χ0) is 61.1. The Labute approximate surface area is 517 Å². The predicted molar refractivity (Wildman–Crippen MR) is 343 cm³/mol. The summed E-state index contributed by atoms with van der Waals surface area (Å²) in [7, 11) is 1.76. The van der Waals surface area contributed by atoms with Gasteiger partial charge in [0.1, 0.15) is 35.8 Å². The minimum Gasteiger partial charge on any atom is -0.491 e. The Morgan fingerprint density at radius 2 is 1.44 bits per heavy atom. The maximum atomic E-state index is 14.4. The van der Waals surface area contributed by atoms with Crippen molar-refractivity contribution in [2.24, 2.45) is 5.92 Å². The molecule has 2 aromatic heterocycles. The summed E-state index contributed by atoms with van der Waals surface area (Å²) in [5.41, 5.74) is 8.73. The number of ether oxygens (including phenoxy) is 7. The van der Waals surface area contributed by atoms with Gasteiger partial charge in [0.2, 0.25) is 11.8 Å². The van der Waals surface area contributed by atoms with Crippen molar-refractivity contribution in [3.8, 4) is 33.9 Å². The van der Waals surface area contributed by atoms with Crippen molar-refractivity contribution in [1.82, 2.24) is 25.5 Å². The molecular weight excluding hydrogens is 1120 g/mol. The number of Topliss-reactive ketones (excluding diaryl/α,β-unsaturated/α-hetero) is 1. The van der Waals surface area contributed by atoms with E-state index in [9.17, 15) is 19.2 Å². The van der Waals surface area contributed by atoms with E-state index in [4.69, 9.17) is 38.1 Å². The van der Waals surface area contributed by atoms with Gasteiger partial charge in [-0.15, -0.1) is 11.3 Å². The van der Waals surface area contributed by atoms with Gasteiger partial charge in [0.05, 0.1) is 70.6 Å². The van der Waals surface area contributed by atoms with Crippen LogP contribution in [0.3, 0.4) is 0 Å². The molecule has 87 heavy (non-hydrogen) atoms. The number of aromatic nitrogens is 2. The summed E-state index contributed by atoms with van der Waals surface area (Å²) in [4.78, 5) is 66.8. The Morgan fingerprint density at radius 3 is 2.10 bits per heavy atom. The third kappa shape index (κ3) is 17.2. The van der Waals surface area contributed by atoms with Crippen LogP contribution >= 0.6 is 11.3 Å². The Hall–Kier alpha value is -6.51. The fourth-order valence-corrected chi connectivity index (χ4v) is 13.4. The summed E-state index contributed by atoms with van der Waals surface area (Å²) in [6.07, 6.45) is 9.44. The van der Waals surface area contributed by atoms with Crippen molar-refractivity contribution in [3.63, 3.8) is 0 Å². The molecule has 9 rings (SSSR count). The highest BCUT2D eigenvalue weighted by Crippen LogP contribution is 2.41. The van der Waals surface area contributed by atoms with E-state index in [0.717, 1.165) is 143 Å². The van der Waals surface area contributed by atoms with E-state index in [0.29, 0.717) is 96.2 Å². The van der Waals surface area contributed by atoms with Gasteiger partial charge in [0.15, 0.2) is 5.78 Å². The number of fused-ring (bicyclic) bond motifs is 1. The molecule has 0 unspecified atom stereocenters. The Morgan fingerprint density at radius 1 is 0.770 bits per heavy atom. The van der Waals surface area contributed by atoms with E-state index in [1.807, 2.05) is 87.2 Å². The first-order chi connectivity index (χ1) is 42.4. The van der Waals surface area contributed by atoms with Crippen molar-refractivity contribution in [3.05, 3.63) is 128 Å². The van der Waals surface area contributed by atoms with E-state index in [2.05, 4.69) is 57.1 Å². The quantitative estimate of drug-likeness (QED) is 0.0267. The van der Waals surface area contributed by atoms with Gasteiger partial charge < -0.3 is 58.6 Å². The molecule has 3 atom stereocenters. The molecule has 468 valence electrons. The van der Waals surface area contributed by atoms with Crippen LogP contribution < -0.4 is 30.6 Å². The maximum Gasteiger partial charge on any atom is 0.251 e. The van der Waals surface area contributed by atoms with Crippen LogP contribution in [0, 0.1) is 26.7 Å². The van der Waals surface area contributed by atoms with Crippen LogP contribution in [0.4, 0.5) is 5.69 Å². The number of carbonyl (C=O) groups excluding carboxylic acids is 3. The van der Waals surface area contributed by atoms with Gasteiger partial charge in [-0.25, -0.2) is 4.98 Å². The molecule has 3 N–H and O–H groups in total. The summed E-state index contributed by atoms with van der Waals surface area (Å²) in [5, 5.41) is 11.2. The normalized spacial score (nSPS) is 16.5. The summed E-state index contributed by atoms with van der Waals surface area (Å²) in [5.74, 6) is 1.52. The number of aromatic amines is 1. The number of ketones is 1. The van der Waals surface area contributed by atoms with E-state index in [1.54, 1.807) is 18.4 Å². The standard InChI is InChI=1S/C69H90N6O11S/c1-7-74(53-27-30-80-31-28-53)62-44-52(43-59(48(62)4)63(76)25-23-55-46(2)42-47(3)71-67(55)78)50-19-21-54(22-20-50)85-40-38-83-36-34-81-32-33-82-35-37-84-39-41-86-64-26-24-57(56-16-11-12-17-58(56)64)60-45-87-68(72-60)61-18-13-29-75(61)69(79)65(51-14-9-8-10-15-51)73-66(77)49(5)70-6/h11-12,16-17,19-22,24,26,42-45,49,51,53,61,65,70H,7-10,13-15,18,23,25,27-41H2,1-6H3,(H,71,78)(H,73,77)/t49-,61-,65-/m0/s1. The molecule has 4 heterocycles. The second kappa shape index (κ2) is 32.6. The van der Waals surface area contributed by atoms with E-state index in [1.165, 1.54) is 6.42 Å². The van der Waals surface area contributed by atoms with Gasteiger partial charge in [-0.3, -0.25) is 19.2 Å². The number of thiazole rings is 1. The van der Waals surface area contributed by atoms with Crippen LogP contribution in [0.2, 0.25) is 0 Å². The van der Waals surface area contributed by atoms with Gasteiger partial charge in [-0.2, -0.15) is 0 Å². The number of carbonyl (C=O) groups is 3. The van der Waals surface area contributed by atoms with Crippen molar-refractivity contribution in [1.29, 1.82) is 0 Å². The monoisotopic (exact) mass is 1210 g/mol. The van der Waals surface area contributed by atoms with Crippen molar-refractivity contribution in [2.75, 3.05) is 104 Å². The number of nitrogens with one attached hydrogen (secondary N) is 3. The van der Waals surface area contributed by atoms with Gasteiger partial charge >= 0.3 is 0 Å². The minimum absolute atomic E-state index is 0.0136. The van der Waals surface area contributed by atoms with Crippen LogP contribution in [0.5, 0.6) is 11.5 Å². The highest BCUT2D eigenvalue weighted by molar-refractivity contribution is 7.10. The molecule has 1 aliphatic carbocycles. The Balaban J connectivity index is 0.658. The van der Waals surface area contributed by atoms with Crippen molar-refractivity contribution >= 4 is 45.4 Å².